The molecule has 3 rings (SSSR count). The molecule has 1 aromatic rings. The fourth-order valence-corrected chi connectivity index (χ4v) is 3.27. The van der Waals surface area contributed by atoms with Crippen LogP contribution < -0.4 is 14.8 Å². The molecule has 1 atom stereocenters. The van der Waals surface area contributed by atoms with Gasteiger partial charge in [0.25, 0.3) is 0 Å². The summed E-state index contributed by atoms with van der Waals surface area (Å²) < 4.78 is 10.7. The van der Waals surface area contributed by atoms with Crippen molar-refractivity contribution < 1.29 is 9.47 Å². The minimum Gasteiger partial charge on any atom is -0.454 e. The van der Waals surface area contributed by atoms with Gasteiger partial charge in [-0.3, -0.25) is 0 Å². The van der Waals surface area contributed by atoms with Gasteiger partial charge in [-0.1, -0.05) is 11.6 Å². The van der Waals surface area contributed by atoms with E-state index in [1.807, 2.05) is 12.1 Å². The molecule has 1 fully saturated rings. The average molecular weight is 297 g/mol. The summed E-state index contributed by atoms with van der Waals surface area (Å²) in [6, 6.07) is 3.96. The second kappa shape index (κ2) is 6.20. The molecule has 0 radical (unpaired) electrons. The molecule has 0 aliphatic carbocycles. The Kier molecular flexibility index (Phi) is 4.34. The Balaban J connectivity index is 1.52. The highest BCUT2D eigenvalue weighted by Crippen LogP contribution is 2.39. The number of halogens is 1. The molecule has 1 saturated heterocycles. The highest BCUT2D eigenvalue weighted by Gasteiger charge is 2.19. The maximum absolute atomic E-state index is 6.18. The van der Waals surface area contributed by atoms with E-state index >= 15 is 0 Å². The van der Waals surface area contributed by atoms with Gasteiger partial charge in [0.2, 0.25) is 6.79 Å². The van der Waals surface area contributed by atoms with E-state index < -0.39 is 0 Å². The van der Waals surface area contributed by atoms with Crippen LogP contribution in [0.2, 0.25) is 5.02 Å². The van der Waals surface area contributed by atoms with E-state index in [9.17, 15) is 0 Å². The molecule has 1 unspecified atom stereocenters. The van der Waals surface area contributed by atoms with Gasteiger partial charge in [-0.2, -0.15) is 0 Å². The standard InChI is InChI=1S/C15H21ClN2O2/c1-18-4-2-3-11(9-18)7-17-8-12-5-13(16)15-14(6-12)19-10-20-15/h5-6,11,17H,2-4,7-10H2,1H3. The molecule has 2 heterocycles. The third kappa shape index (κ3) is 3.19. The number of rotatable bonds is 4. The van der Waals surface area contributed by atoms with E-state index in [0.29, 0.717) is 10.8 Å². The van der Waals surface area contributed by atoms with E-state index in [4.69, 9.17) is 21.1 Å². The first-order chi connectivity index (χ1) is 9.72. The van der Waals surface area contributed by atoms with Crippen molar-refractivity contribution in [2.75, 3.05) is 33.5 Å². The molecule has 2 aliphatic rings. The van der Waals surface area contributed by atoms with Crippen molar-refractivity contribution in [2.24, 2.45) is 5.92 Å². The monoisotopic (exact) mass is 296 g/mol. The van der Waals surface area contributed by atoms with Crippen LogP contribution in [0.4, 0.5) is 0 Å². The van der Waals surface area contributed by atoms with Gasteiger partial charge in [0.15, 0.2) is 11.5 Å². The van der Waals surface area contributed by atoms with Gasteiger partial charge in [-0.05, 0) is 56.6 Å². The highest BCUT2D eigenvalue weighted by molar-refractivity contribution is 6.32. The van der Waals surface area contributed by atoms with Crippen molar-refractivity contribution in [2.45, 2.75) is 19.4 Å². The number of hydrogen-bond donors (Lipinski definition) is 1. The molecule has 0 aromatic heterocycles. The molecule has 2 aliphatic heterocycles. The predicted octanol–water partition coefficient (Wildman–Crippen LogP) is 2.50. The zero-order valence-electron chi connectivity index (χ0n) is 11.8. The number of nitrogens with one attached hydrogen (secondary N) is 1. The largest absolute Gasteiger partial charge is 0.454 e. The van der Waals surface area contributed by atoms with E-state index in [1.165, 1.54) is 25.9 Å². The summed E-state index contributed by atoms with van der Waals surface area (Å²) in [4.78, 5) is 2.41. The van der Waals surface area contributed by atoms with Crippen LogP contribution in [0.15, 0.2) is 12.1 Å². The molecule has 5 heteroatoms. The number of likely N-dealkylation sites (tertiary alicyclic amines) is 1. The number of nitrogens with zero attached hydrogens (tertiary/aromatic N) is 1. The summed E-state index contributed by atoms with van der Waals surface area (Å²) in [6.07, 6.45) is 2.62. The average Bonchev–Trinajstić information content (AvgIpc) is 2.88. The van der Waals surface area contributed by atoms with Crippen LogP contribution in [-0.2, 0) is 6.54 Å². The molecule has 0 amide bonds. The van der Waals surface area contributed by atoms with Crippen LogP contribution in [0.3, 0.4) is 0 Å². The van der Waals surface area contributed by atoms with Gasteiger partial charge >= 0.3 is 0 Å². The van der Waals surface area contributed by atoms with Crippen molar-refractivity contribution in [1.29, 1.82) is 0 Å². The van der Waals surface area contributed by atoms with E-state index in [-0.39, 0.29) is 6.79 Å². The molecule has 110 valence electrons. The SMILES string of the molecule is CN1CCCC(CNCc2cc(Cl)c3c(c2)OCO3)C1. The van der Waals surface area contributed by atoms with E-state index in [2.05, 4.69) is 17.3 Å². The molecule has 1 N–H and O–H groups in total. The Morgan fingerprint density at radius 3 is 3.15 bits per heavy atom. The lowest BCUT2D eigenvalue weighted by Gasteiger charge is -2.29. The molecule has 4 nitrogen and oxygen atoms in total. The first-order valence-corrected chi connectivity index (χ1v) is 7.57. The third-order valence-electron chi connectivity index (χ3n) is 3.97. The van der Waals surface area contributed by atoms with Gasteiger partial charge in [-0.15, -0.1) is 0 Å². The molecule has 1 aromatic carbocycles. The maximum Gasteiger partial charge on any atom is 0.231 e. The Bertz CT molecular complexity index is 481. The first kappa shape index (κ1) is 14.0. The van der Waals surface area contributed by atoms with Crippen LogP contribution in [-0.4, -0.2) is 38.4 Å². The number of hydrogen-bond acceptors (Lipinski definition) is 4. The van der Waals surface area contributed by atoms with Crippen LogP contribution in [0.1, 0.15) is 18.4 Å². The van der Waals surface area contributed by atoms with Gasteiger partial charge in [-0.25, -0.2) is 0 Å². The van der Waals surface area contributed by atoms with Crippen LogP contribution in [0.25, 0.3) is 0 Å². The molecule has 0 bridgehead atoms. The number of benzene rings is 1. The van der Waals surface area contributed by atoms with Gasteiger partial charge in [0.05, 0.1) is 5.02 Å². The van der Waals surface area contributed by atoms with Gasteiger partial charge in [0, 0.05) is 13.1 Å². The lowest BCUT2D eigenvalue weighted by Crippen LogP contribution is -2.37. The Hall–Kier alpha value is -0.970. The van der Waals surface area contributed by atoms with Crippen molar-refractivity contribution >= 4 is 11.6 Å². The van der Waals surface area contributed by atoms with Gasteiger partial charge in [0.1, 0.15) is 0 Å². The molecule has 20 heavy (non-hydrogen) atoms. The molecule has 0 saturated carbocycles. The van der Waals surface area contributed by atoms with E-state index in [1.54, 1.807) is 0 Å². The normalized spacial score (nSPS) is 22.2. The van der Waals surface area contributed by atoms with Gasteiger partial charge < -0.3 is 19.7 Å². The molecule has 0 spiro atoms. The zero-order chi connectivity index (χ0) is 13.9. The topological polar surface area (TPSA) is 33.7 Å². The summed E-state index contributed by atoms with van der Waals surface area (Å²) in [5.74, 6) is 2.18. The number of ether oxygens (including phenoxy) is 2. The van der Waals surface area contributed by atoms with E-state index in [0.717, 1.165) is 30.3 Å². The predicted molar refractivity (Wildman–Crippen MR) is 79.5 cm³/mol. The van der Waals surface area contributed by atoms with Crippen LogP contribution in [0, 0.1) is 5.92 Å². The van der Waals surface area contributed by atoms with Crippen molar-refractivity contribution in [3.8, 4) is 11.5 Å². The quantitative estimate of drug-likeness (QED) is 0.926. The Morgan fingerprint density at radius 2 is 2.30 bits per heavy atom. The highest BCUT2D eigenvalue weighted by atomic mass is 35.5. The van der Waals surface area contributed by atoms with Crippen LogP contribution >= 0.6 is 11.6 Å². The number of fused-ring (bicyclic) bond motifs is 1. The lowest BCUT2D eigenvalue weighted by molar-refractivity contribution is 0.174. The smallest absolute Gasteiger partial charge is 0.231 e. The first-order valence-electron chi connectivity index (χ1n) is 7.19. The second-order valence-corrected chi connectivity index (χ2v) is 6.12. The molecular weight excluding hydrogens is 276 g/mol. The summed E-state index contributed by atoms with van der Waals surface area (Å²) >= 11 is 6.18. The lowest BCUT2D eigenvalue weighted by atomic mass is 9.98. The Morgan fingerprint density at radius 1 is 1.40 bits per heavy atom. The molecular formula is C15H21ClN2O2. The van der Waals surface area contributed by atoms with Crippen molar-refractivity contribution in [1.82, 2.24) is 10.2 Å². The number of piperidine rings is 1. The Labute approximate surface area is 125 Å². The minimum absolute atomic E-state index is 0.264. The third-order valence-corrected chi connectivity index (χ3v) is 4.25. The zero-order valence-corrected chi connectivity index (χ0v) is 12.6. The summed E-state index contributed by atoms with van der Waals surface area (Å²) in [5.41, 5.74) is 1.14. The van der Waals surface area contributed by atoms with Crippen molar-refractivity contribution in [3.63, 3.8) is 0 Å². The maximum atomic E-state index is 6.18. The summed E-state index contributed by atoms with van der Waals surface area (Å²) in [5, 5.41) is 4.16. The fraction of sp³-hybridized carbons (Fsp3) is 0.600. The van der Waals surface area contributed by atoms with Crippen LogP contribution in [0.5, 0.6) is 11.5 Å². The summed E-state index contributed by atoms with van der Waals surface area (Å²) in [7, 11) is 2.20. The summed E-state index contributed by atoms with van der Waals surface area (Å²) in [6.45, 7) is 4.55. The van der Waals surface area contributed by atoms with Crippen molar-refractivity contribution in [3.05, 3.63) is 22.7 Å². The fourth-order valence-electron chi connectivity index (χ4n) is 2.98. The second-order valence-electron chi connectivity index (χ2n) is 5.71. The minimum atomic E-state index is 0.264.